The Morgan fingerprint density at radius 3 is 2.77 bits per heavy atom. The van der Waals surface area contributed by atoms with Crippen molar-refractivity contribution in [3.8, 4) is 17.3 Å². The normalized spacial score (nSPS) is 15.5. The maximum absolute atomic E-state index is 12.9. The molecule has 1 aliphatic rings. The third-order valence-electron chi connectivity index (χ3n) is 5.14. The molecule has 0 bridgehead atoms. The van der Waals surface area contributed by atoms with Gasteiger partial charge in [0.1, 0.15) is 12.1 Å². The molecule has 0 N–H and O–H groups in total. The number of esters is 1. The third-order valence-corrected chi connectivity index (χ3v) is 5.14. The Morgan fingerprint density at radius 2 is 2.03 bits per heavy atom. The zero-order valence-corrected chi connectivity index (χ0v) is 17.0. The molecule has 0 fully saturated rings. The van der Waals surface area contributed by atoms with Gasteiger partial charge >= 0.3 is 5.97 Å². The average Bonchev–Trinajstić information content (AvgIpc) is 3.24. The summed E-state index contributed by atoms with van der Waals surface area (Å²) in [5.74, 6) is 0.499. The van der Waals surface area contributed by atoms with Crippen LogP contribution in [-0.4, -0.2) is 37.1 Å². The summed E-state index contributed by atoms with van der Waals surface area (Å²) in [4.78, 5) is 26.3. The van der Waals surface area contributed by atoms with E-state index < -0.39 is 11.9 Å². The van der Waals surface area contributed by atoms with E-state index in [1.807, 2.05) is 42.5 Å². The van der Waals surface area contributed by atoms with Crippen LogP contribution in [0.15, 0.2) is 72.5 Å². The monoisotopic (exact) mass is 413 g/mol. The maximum Gasteiger partial charge on any atom is 0.338 e. The summed E-state index contributed by atoms with van der Waals surface area (Å²) in [5.41, 5.74) is 3.36. The van der Waals surface area contributed by atoms with E-state index >= 15 is 0 Å². The topological polar surface area (TPSA) is 91.5 Å². The van der Waals surface area contributed by atoms with E-state index in [0.717, 1.165) is 11.1 Å². The zero-order valence-electron chi connectivity index (χ0n) is 17.0. The van der Waals surface area contributed by atoms with Crippen LogP contribution in [0, 0.1) is 0 Å². The van der Waals surface area contributed by atoms with Gasteiger partial charge in [0.05, 0.1) is 23.7 Å². The van der Waals surface area contributed by atoms with E-state index in [2.05, 4.69) is 15.1 Å². The van der Waals surface area contributed by atoms with Gasteiger partial charge in [0, 0.05) is 18.0 Å². The first-order chi connectivity index (χ1) is 15.2. The fraction of sp³-hybridized carbons (Fsp3) is 0.174. The summed E-state index contributed by atoms with van der Waals surface area (Å²) in [7, 11) is 0. The van der Waals surface area contributed by atoms with E-state index in [-0.39, 0.29) is 6.61 Å². The maximum atomic E-state index is 12.9. The van der Waals surface area contributed by atoms with Crippen molar-refractivity contribution in [1.29, 1.82) is 0 Å². The fourth-order valence-corrected chi connectivity index (χ4v) is 3.81. The predicted molar refractivity (Wildman–Crippen MR) is 112 cm³/mol. The Labute approximate surface area is 178 Å². The number of pyridine rings is 1. The van der Waals surface area contributed by atoms with Crippen molar-refractivity contribution < 1.29 is 14.3 Å². The van der Waals surface area contributed by atoms with E-state index in [1.54, 1.807) is 37.1 Å². The van der Waals surface area contributed by atoms with Gasteiger partial charge in [-0.2, -0.15) is 0 Å². The van der Waals surface area contributed by atoms with E-state index in [0.29, 0.717) is 34.2 Å². The predicted octanol–water partition coefficient (Wildman–Crippen LogP) is 3.55. The van der Waals surface area contributed by atoms with Crippen molar-refractivity contribution >= 4 is 11.6 Å². The highest BCUT2D eigenvalue weighted by Crippen LogP contribution is 2.44. The molecule has 4 aromatic rings. The van der Waals surface area contributed by atoms with Crippen LogP contribution in [0.3, 0.4) is 0 Å². The molecule has 1 aliphatic heterocycles. The Balaban J connectivity index is 1.76. The Morgan fingerprint density at radius 1 is 1.19 bits per heavy atom. The number of hydrogen-bond acceptors (Lipinski definition) is 7. The molecule has 0 aliphatic carbocycles. The van der Waals surface area contributed by atoms with E-state index in [9.17, 15) is 4.79 Å². The molecule has 31 heavy (non-hydrogen) atoms. The van der Waals surface area contributed by atoms with Crippen LogP contribution in [0.4, 0.5) is 0 Å². The van der Waals surface area contributed by atoms with Crippen molar-refractivity contribution in [2.75, 3.05) is 6.61 Å². The van der Waals surface area contributed by atoms with Crippen LogP contribution in [-0.2, 0) is 9.53 Å². The second kappa shape index (κ2) is 7.64. The van der Waals surface area contributed by atoms with Crippen LogP contribution < -0.4 is 4.74 Å². The van der Waals surface area contributed by atoms with Gasteiger partial charge in [0.2, 0.25) is 5.88 Å². The number of rotatable bonds is 4. The molecule has 0 saturated heterocycles. The highest BCUT2D eigenvalue weighted by molar-refractivity contribution is 5.93. The molecule has 1 aromatic carbocycles. The van der Waals surface area contributed by atoms with Crippen molar-refractivity contribution in [2.45, 2.75) is 19.8 Å². The minimum absolute atomic E-state index is 0.266. The van der Waals surface area contributed by atoms with Gasteiger partial charge in [0.25, 0.3) is 0 Å². The number of nitrogens with zero attached hydrogens (tertiary/aromatic N) is 5. The molecule has 5 rings (SSSR count). The molecule has 8 heteroatoms. The number of aromatic nitrogens is 5. The lowest BCUT2D eigenvalue weighted by atomic mass is 9.83. The summed E-state index contributed by atoms with van der Waals surface area (Å²) >= 11 is 0. The van der Waals surface area contributed by atoms with Gasteiger partial charge in [-0.15, -0.1) is 5.10 Å². The quantitative estimate of drug-likeness (QED) is 0.473. The number of carbonyl (C=O) groups is 1. The van der Waals surface area contributed by atoms with Gasteiger partial charge < -0.3 is 9.47 Å². The highest BCUT2D eigenvalue weighted by Gasteiger charge is 2.38. The first-order valence-corrected chi connectivity index (χ1v) is 9.93. The molecular formula is C23H19N5O3. The third kappa shape index (κ3) is 3.22. The van der Waals surface area contributed by atoms with Crippen LogP contribution in [0.25, 0.3) is 17.0 Å². The molecule has 4 heterocycles. The zero-order chi connectivity index (χ0) is 21.4. The molecule has 0 spiro atoms. The lowest BCUT2D eigenvalue weighted by molar-refractivity contribution is -0.139. The minimum atomic E-state index is -0.453. The number of carbonyl (C=O) groups excluding carboxylic acids is 1. The van der Waals surface area contributed by atoms with Gasteiger partial charge in [-0.3, -0.25) is 4.98 Å². The molecule has 0 saturated carbocycles. The lowest BCUT2D eigenvalue weighted by Gasteiger charge is -2.28. The largest absolute Gasteiger partial charge is 0.463 e. The van der Waals surface area contributed by atoms with Crippen molar-refractivity contribution in [3.05, 3.63) is 83.6 Å². The summed E-state index contributed by atoms with van der Waals surface area (Å²) in [5, 5.41) is 4.56. The van der Waals surface area contributed by atoms with Crippen LogP contribution in [0.5, 0.6) is 5.88 Å². The van der Waals surface area contributed by atoms with Gasteiger partial charge in [-0.05, 0) is 31.5 Å². The van der Waals surface area contributed by atoms with E-state index in [4.69, 9.17) is 14.5 Å². The van der Waals surface area contributed by atoms with E-state index in [1.165, 1.54) is 0 Å². The SMILES string of the molecule is CCOC(=O)C1=C(C)Oc2ncn3nc(-c4cccnc4)nc3c2[C@@H]1c1ccccc1. The molecule has 0 unspecified atom stereocenters. The first-order valence-electron chi connectivity index (χ1n) is 9.93. The number of hydrogen-bond donors (Lipinski definition) is 0. The van der Waals surface area contributed by atoms with Gasteiger partial charge in [-0.1, -0.05) is 30.3 Å². The summed E-state index contributed by atoms with van der Waals surface area (Å²) in [6.07, 6.45) is 4.96. The van der Waals surface area contributed by atoms with Gasteiger partial charge in [-0.25, -0.2) is 19.3 Å². The minimum Gasteiger partial charge on any atom is -0.463 e. The number of allylic oxidation sites excluding steroid dienone is 1. The standard InChI is InChI=1S/C23H19N5O3/c1-3-30-23(29)17-14(2)31-22-19(18(17)15-8-5-4-6-9-15)21-26-20(27-28(21)13-25-22)16-10-7-11-24-12-16/h4-13,18H,3H2,1-2H3/t18-/m1/s1. The van der Waals surface area contributed by atoms with Gasteiger partial charge in [0.15, 0.2) is 11.5 Å². The highest BCUT2D eigenvalue weighted by atomic mass is 16.5. The van der Waals surface area contributed by atoms with Crippen LogP contribution in [0.1, 0.15) is 30.9 Å². The summed E-state index contributed by atoms with van der Waals surface area (Å²) in [6.45, 7) is 3.80. The second-order valence-corrected chi connectivity index (χ2v) is 7.04. The summed E-state index contributed by atoms with van der Waals surface area (Å²) in [6, 6.07) is 13.4. The Kier molecular flexibility index (Phi) is 4.66. The van der Waals surface area contributed by atoms with Crippen molar-refractivity contribution in [1.82, 2.24) is 24.6 Å². The summed E-state index contributed by atoms with van der Waals surface area (Å²) < 4.78 is 12.9. The number of fused-ring (bicyclic) bond motifs is 3. The number of ether oxygens (including phenoxy) is 2. The Bertz CT molecular complexity index is 1300. The molecule has 1 atom stereocenters. The van der Waals surface area contributed by atoms with Crippen LogP contribution in [0.2, 0.25) is 0 Å². The fourth-order valence-electron chi connectivity index (χ4n) is 3.81. The Hall–Kier alpha value is -4.07. The first kappa shape index (κ1) is 18.9. The van der Waals surface area contributed by atoms with Crippen molar-refractivity contribution in [3.63, 3.8) is 0 Å². The molecule has 0 amide bonds. The second-order valence-electron chi connectivity index (χ2n) is 7.04. The molecule has 154 valence electrons. The lowest BCUT2D eigenvalue weighted by Crippen LogP contribution is -2.24. The smallest absolute Gasteiger partial charge is 0.338 e. The molecule has 0 radical (unpaired) electrons. The average molecular weight is 413 g/mol. The molecular weight excluding hydrogens is 394 g/mol. The molecule has 3 aromatic heterocycles. The number of benzene rings is 1. The molecule has 8 nitrogen and oxygen atoms in total. The van der Waals surface area contributed by atoms with Crippen LogP contribution >= 0.6 is 0 Å². The van der Waals surface area contributed by atoms with Crippen molar-refractivity contribution in [2.24, 2.45) is 0 Å².